The van der Waals surface area contributed by atoms with Gasteiger partial charge in [0.15, 0.2) is 5.12 Å². The predicted octanol–water partition coefficient (Wildman–Crippen LogP) is 4.22. The van der Waals surface area contributed by atoms with Gasteiger partial charge in [0.25, 0.3) is 0 Å². The standard InChI is InChI=1S/C17H23BClNO3S/c1-11(21)24-10-13(8-12-9-14(19)6-7-15(12)20)18-22-16(2,3)17(4,5)23-18/h6-9H,10,20H2,1-5H3. The minimum Gasteiger partial charge on any atom is -0.400 e. The summed E-state index contributed by atoms with van der Waals surface area (Å²) >= 11 is 7.29. The quantitative estimate of drug-likeness (QED) is 0.638. The van der Waals surface area contributed by atoms with Gasteiger partial charge in [-0.25, -0.2) is 0 Å². The van der Waals surface area contributed by atoms with Crippen molar-refractivity contribution in [3.8, 4) is 0 Å². The van der Waals surface area contributed by atoms with Gasteiger partial charge in [0.2, 0.25) is 0 Å². The van der Waals surface area contributed by atoms with Gasteiger partial charge in [-0.15, -0.1) is 0 Å². The molecule has 1 aliphatic heterocycles. The second-order valence-corrected chi connectivity index (χ2v) is 8.45. The van der Waals surface area contributed by atoms with E-state index < -0.39 is 18.3 Å². The molecule has 130 valence electrons. The fraction of sp³-hybridized carbons (Fsp3) is 0.471. The van der Waals surface area contributed by atoms with E-state index in [2.05, 4.69) is 0 Å². The van der Waals surface area contributed by atoms with Crippen LogP contribution in [0.3, 0.4) is 0 Å². The topological polar surface area (TPSA) is 61.6 Å². The van der Waals surface area contributed by atoms with E-state index in [1.165, 1.54) is 11.8 Å². The zero-order chi connectivity index (χ0) is 18.1. The van der Waals surface area contributed by atoms with Crippen LogP contribution in [0.1, 0.15) is 40.2 Å². The van der Waals surface area contributed by atoms with Gasteiger partial charge in [-0.2, -0.15) is 0 Å². The highest BCUT2D eigenvalue weighted by Gasteiger charge is 2.52. The van der Waals surface area contributed by atoms with Crippen LogP contribution in [0, 0.1) is 0 Å². The minimum atomic E-state index is -0.528. The summed E-state index contributed by atoms with van der Waals surface area (Å²) in [4.78, 5) is 11.4. The van der Waals surface area contributed by atoms with Crippen LogP contribution in [0.2, 0.25) is 5.02 Å². The van der Waals surface area contributed by atoms with E-state index in [9.17, 15) is 4.79 Å². The van der Waals surface area contributed by atoms with Gasteiger partial charge in [0, 0.05) is 23.4 Å². The molecule has 1 aromatic rings. The van der Waals surface area contributed by atoms with Gasteiger partial charge in [0.1, 0.15) is 0 Å². The van der Waals surface area contributed by atoms with Crippen molar-refractivity contribution in [2.75, 3.05) is 11.5 Å². The number of rotatable bonds is 4. The van der Waals surface area contributed by atoms with Gasteiger partial charge < -0.3 is 15.0 Å². The van der Waals surface area contributed by atoms with Crippen molar-refractivity contribution in [1.82, 2.24) is 0 Å². The lowest BCUT2D eigenvalue weighted by Gasteiger charge is -2.32. The Bertz CT molecular complexity index is 660. The molecule has 0 atom stereocenters. The SMILES string of the molecule is CC(=O)SCC(=Cc1cc(Cl)ccc1N)B1OC(C)(C)C(C)(C)O1. The summed E-state index contributed by atoms with van der Waals surface area (Å²) in [6.45, 7) is 9.53. The number of hydrogen-bond donors (Lipinski definition) is 1. The zero-order valence-electron chi connectivity index (χ0n) is 14.7. The van der Waals surface area contributed by atoms with Crippen LogP contribution >= 0.6 is 23.4 Å². The molecular formula is C17H23BClNO3S. The molecule has 0 unspecified atom stereocenters. The van der Waals surface area contributed by atoms with Crippen LogP contribution in [0.25, 0.3) is 6.08 Å². The molecule has 7 heteroatoms. The Morgan fingerprint density at radius 1 is 1.29 bits per heavy atom. The second kappa shape index (κ2) is 7.12. The molecule has 0 spiro atoms. The molecule has 1 fully saturated rings. The third-order valence-electron chi connectivity index (χ3n) is 4.39. The molecule has 0 bridgehead atoms. The first-order valence-corrected chi connectivity index (χ1v) is 9.13. The van der Waals surface area contributed by atoms with Gasteiger partial charge in [-0.3, -0.25) is 4.79 Å². The van der Waals surface area contributed by atoms with Crippen LogP contribution in [0.15, 0.2) is 23.7 Å². The summed E-state index contributed by atoms with van der Waals surface area (Å²) in [7, 11) is -0.528. The third-order valence-corrected chi connectivity index (χ3v) is 5.51. The van der Waals surface area contributed by atoms with Crippen LogP contribution in [0.5, 0.6) is 0 Å². The van der Waals surface area contributed by atoms with Gasteiger partial charge in [0.05, 0.1) is 11.2 Å². The number of hydrogen-bond acceptors (Lipinski definition) is 5. The smallest absolute Gasteiger partial charge is 0.400 e. The van der Waals surface area contributed by atoms with Crippen LogP contribution in [0.4, 0.5) is 5.69 Å². The normalized spacial score (nSPS) is 19.6. The summed E-state index contributed by atoms with van der Waals surface area (Å²) in [5.74, 6) is 0.470. The largest absolute Gasteiger partial charge is 0.491 e. The maximum absolute atomic E-state index is 11.4. The molecule has 1 heterocycles. The maximum Gasteiger partial charge on any atom is 0.491 e. The molecule has 24 heavy (non-hydrogen) atoms. The van der Waals surface area contributed by atoms with Crippen molar-refractivity contribution in [3.63, 3.8) is 0 Å². The predicted molar refractivity (Wildman–Crippen MR) is 103 cm³/mol. The summed E-state index contributed by atoms with van der Waals surface area (Å²) < 4.78 is 12.2. The van der Waals surface area contributed by atoms with Crippen molar-refractivity contribution in [2.24, 2.45) is 0 Å². The summed E-state index contributed by atoms with van der Waals surface area (Å²) in [6.07, 6.45) is 1.90. The van der Waals surface area contributed by atoms with E-state index in [-0.39, 0.29) is 5.12 Å². The fourth-order valence-corrected chi connectivity index (χ4v) is 3.00. The van der Waals surface area contributed by atoms with Crippen molar-refractivity contribution in [1.29, 1.82) is 0 Å². The lowest BCUT2D eigenvalue weighted by Crippen LogP contribution is -2.41. The van der Waals surface area contributed by atoms with E-state index in [0.717, 1.165) is 11.0 Å². The lowest BCUT2D eigenvalue weighted by atomic mass is 9.78. The Hall–Kier alpha value is -0.945. The van der Waals surface area contributed by atoms with Crippen LogP contribution in [-0.4, -0.2) is 29.2 Å². The molecular weight excluding hydrogens is 345 g/mol. The molecule has 2 N–H and O–H groups in total. The number of carbonyl (C=O) groups is 1. The van der Waals surface area contributed by atoms with Crippen molar-refractivity contribution >= 4 is 47.4 Å². The molecule has 0 amide bonds. The number of nitrogens with two attached hydrogens (primary N) is 1. The lowest BCUT2D eigenvalue weighted by molar-refractivity contribution is -0.109. The van der Waals surface area contributed by atoms with Crippen LogP contribution < -0.4 is 5.73 Å². The first kappa shape index (κ1) is 19.4. The molecule has 4 nitrogen and oxygen atoms in total. The third kappa shape index (κ3) is 4.36. The highest BCUT2D eigenvalue weighted by Crippen LogP contribution is 2.39. The Morgan fingerprint density at radius 3 is 2.42 bits per heavy atom. The van der Waals surface area contributed by atoms with E-state index >= 15 is 0 Å². The first-order chi connectivity index (χ1) is 11.0. The Morgan fingerprint density at radius 2 is 1.88 bits per heavy atom. The molecule has 1 saturated heterocycles. The fourth-order valence-electron chi connectivity index (χ4n) is 2.23. The van der Waals surface area contributed by atoms with Gasteiger partial charge >= 0.3 is 7.12 Å². The number of benzene rings is 1. The van der Waals surface area contributed by atoms with Gasteiger partial charge in [-0.1, -0.05) is 29.4 Å². The number of carbonyl (C=O) groups excluding carboxylic acids is 1. The molecule has 1 aliphatic rings. The molecule has 0 aliphatic carbocycles. The molecule has 2 rings (SSSR count). The maximum atomic E-state index is 11.4. The first-order valence-electron chi connectivity index (χ1n) is 7.76. The molecule has 0 radical (unpaired) electrons. The van der Waals surface area contributed by atoms with E-state index in [0.29, 0.717) is 16.5 Å². The minimum absolute atomic E-state index is 0.0384. The average Bonchev–Trinajstić information content (AvgIpc) is 2.66. The van der Waals surface area contributed by atoms with E-state index in [4.69, 9.17) is 26.6 Å². The van der Waals surface area contributed by atoms with Crippen molar-refractivity contribution < 1.29 is 14.1 Å². The van der Waals surface area contributed by atoms with Crippen molar-refractivity contribution in [3.05, 3.63) is 34.3 Å². The molecule has 0 aromatic heterocycles. The highest BCUT2D eigenvalue weighted by molar-refractivity contribution is 8.13. The van der Waals surface area contributed by atoms with E-state index in [1.807, 2.05) is 33.8 Å². The zero-order valence-corrected chi connectivity index (χ0v) is 16.3. The number of thioether (sulfide) groups is 1. The molecule has 1 aromatic carbocycles. The highest BCUT2D eigenvalue weighted by atomic mass is 35.5. The Labute approximate surface area is 153 Å². The monoisotopic (exact) mass is 367 g/mol. The van der Waals surface area contributed by atoms with Crippen molar-refractivity contribution in [2.45, 2.75) is 45.8 Å². The summed E-state index contributed by atoms with van der Waals surface area (Å²) in [6, 6.07) is 5.29. The molecule has 0 saturated carbocycles. The summed E-state index contributed by atoms with van der Waals surface area (Å²) in [5.41, 5.74) is 7.40. The Kier molecular flexibility index (Phi) is 5.75. The Balaban J connectivity index is 2.37. The summed E-state index contributed by atoms with van der Waals surface area (Å²) in [5, 5.41) is 0.638. The number of anilines is 1. The number of halogens is 1. The van der Waals surface area contributed by atoms with E-state index in [1.54, 1.807) is 25.1 Å². The second-order valence-electron chi connectivity index (χ2n) is 6.86. The number of nitrogen functional groups attached to an aromatic ring is 1. The van der Waals surface area contributed by atoms with Crippen LogP contribution in [-0.2, 0) is 14.1 Å². The van der Waals surface area contributed by atoms with Gasteiger partial charge in [-0.05, 0) is 56.9 Å². The average molecular weight is 368 g/mol.